The highest BCUT2D eigenvalue weighted by Gasteiger charge is 2.56. The van der Waals surface area contributed by atoms with E-state index >= 15 is 0 Å². The van der Waals surface area contributed by atoms with Gasteiger partial charge >= 0.3 is 0 Å². The molecule has 0 spiro atoms. The molecule has 24 heavy (non-hydrogen) atoms. The van der Waals surface area contributed by atoms with Gasteiger partial charge in [-0.25, -0.2) is 8.78 Å². The molecule has 3 rings (SSSR count). The summed E-state index contributed by atoms with van der Waals surface area (Å²) in [5.74, 6) is -2.90. The number of anilines is 1. The van der Waals surface area contributed by atoms with Crippen molar-refractivity contribution in [2.45, 2.75) is 19.4 Å². The van der Waals surface area contributed by atoms with E-state index in [9.17, 15) is 18.4 Å². The van der Waals surface area contributed by atoms with Crippen LogP contribution in [-0.2, 0) is 16.1 Å². The third kappa shape index (κ3) is 3.10. The zero-order valence-electron chi connectivity index (χ0n) is 12.7. The number of amides is 2. The molecule has 1 aliphatic rings. The number of hydrogen-bond donors (Lipinski definition) is 2. The van der Waals surface area contributed by atoms with E-state index in [-0.39, 0.29) is 6.54 Å². The highest BCUT2D eigenvalue weighted by atomic mass is 19.1. The summed E-state index contributed by atoms with van der Waals surface area (Å²) in [5.41, 5.74) is -0.952. The number of rotatable bonds is 5. The molecule has 1 heterocycles. The summed E-state index contributed by atoms with van der Waals surface area (Å²) in [4.78, 5) is 28.5. The fraction of sp³-hybridized carbons (Fsp3) is 0.235. The summed E-state index contributed by atoms with van der Waals surface area (Å²) < 4.78 is 27.3. The molecule has 1 fully saturated rings. The number of nitrogens with one attached hydrogen (secondary N) is 2. The summed E-state index contributed by atoms with van der Waals surface area (Å²) in [6, 6.07) is 6.78. The smallest absolute Gasteiger partial charge is 0.240 e. The van der Waals surface area contributed by atoms with E-state index in [1.54, 1.807) is 24.5 Å². The molecule has 0 saturated heterocycles. The van der Waals surface area contributed by atoms with Crippen molar-refractivity contribution in [2.75, 3.05) is 5.32 Å². The van der Waals surface area contributed by atoms with E-state index in [0.717, 1.165) is 17.7 Å². The van der Waals surface area contributed by atoms with Gasteiger partial charge < -0.3 is 10.6 Å². The zero-order valence-corrected chi connectivity index (χ0v) is 12.7. The van der Waals surface area contributed by atoms with Crippen LogP contribution in [-0.4, -0.2) is 16.8 Å². The van der Waals surface area contributed by atoms with Gasteiger partial charge in [-0.1, -0.05) is 6.07 Å². The zero-order chi connectivity index (χ0) is 17.2. The molecule has 124 valence electrons. The maximum atomic E-state index is 13.6. The number of aromatic nitrogens is 1. The van der Waals surface area contributed by atoms with E-state index in [4.69, 9.17) is 0 Å². The van der Waals surface area contributed by atoms with Crippen LogP contribution in [0.2, 0.25) is 0 Å². The number of halogens is 2. The quantitative estimate of drug-likeness (QED) is 0.827. The molecule has 0 bridgehead atoms. The van der Waals surface area contributed by atoms with Crippen LogP contribution < -0.4 is 10.6 Å². The Morgan fingerprint density at radius 3 is 2.25 bits per heavy atom. The van der Waals surface area contributed by atoms with Crippen molar-refractivity contribution in [1.29, 1.82) is 0 Å². The minimum atomic E-state index is -1.26. The average Bonchev–Trinajstić information content (AvgIpc) is 3.39. The molecular formula is C17H15F2N3O2. The Labute approximate surface area is 137 Å². The van der Waals surface area contributed by atoms with E-state index in [0.29, 0.717) is 12.8 Å². The minimum Gasteiger partial charge on any atom is -0.351 e. The van der Waals surface area contributed by atoms with Crippen molar-refractivity contribution in [3.8, 4) is 0 Å². The van der Waals surface area contributed by atoms with Crippen molar-refractivity contribution in [1.82, 2.24) is 10.3 Å². The third-order valence-corrected chi connectivity index (χ3v) is 4.02. The van der Waals surface area contributed by atoms with Crippen LogP contribution in [0.5, 0.6) is 0 Å². The van der Waals surface area contributed by atoms with Gasteiger partial charge in [-0.2, -0.15) is 0 Å². The first-order chi connectivity index (χ1) is 11.5. The lowest BCUT2D eigenvalue weighted by molar-refractivity contribution is -0.134. The van der Waals surface area contributed by atoms with Crippen molar-refractivity contribution in [2.24, 2.45) is 5.41 Å². The van der Waals surface area contributed by atoms with Crippen LogP contribution in [0.15, 0.2) is 42.7 Å². The molecule has 0 aliphatic heterocycles. The second-order valence-electron chi connectivity index (χ2n) is 5.67. The van der Waals surface area contributed by atoms with E-state index in [1.165, 1.54) is 6.07 Å². The number of para-hydroxylation sites is 1. The van der Waals surface area contributed by atoms with Crippen molar-refractivity contribution in [3.63, 3.8) is 0 Å². The molecule has 7 heteroatoms. The maximum Gasteiger partial charge on any atom is 0.240 e. The highest BCUT2D eigenvalue weighted by molar-refractivity contribution is 6.13. The van der Waals surface area contributed by atoms with Gasteiger partial charge in [0.1, 0.15) is 22.7 Å². The van der Waals surface area contributed by atoms with Gasteiger partial charge in [0, 0.05) is 18.9 Å². The Bertz CT molecular complexity index is 756. The highest BCUT2D eigenvalue weighted by Crippen LogP contribution is 2.47. The summed E-state index contributed by atoms with van der Waals surface area (Å²) in [5, 5.41) is 4.88. The predicted octanol–water partition coefficient (Wildman–Crippen LogP) is 2.39. The molecule has 2 N–H and O–H groups in total. The van der Waals surface area contributed by atoms with Gasteiger partial charge in [0.15, 0.2) is 0 Å². The Balaban J connectivity index is 1.67. The first-order valence-electron chi connectivity index (χ1n) is 7.45. The van der Waals surface area contributed by atoms with Crippen LogP contribution in [0, 0.1) is 17.0 Å². The Kier molecular flexibility index (Phi) is 4.24. The lowest BCUT2D eigenvalue weighted by Gasteiger charge is -2.16. The molecule has 1 aromatic carbocycles. The van der Waals surface area contributed by atoms with Crippen LogP contribution in [0.4, 0.5) is 14.5 Å². The summed E-state index contributed by atoms with van der Waals surface area (Å²) >= 11 is 0. The first-order valence-corrected chi connectivity index (χ1v) is 7.45. The van der Waals surface area contributed by atoms with Crippen LogP contribution in [0.3, 0.4) is 0 Å². The van der Waals surface area contributed by atoms with E-state index < -0.39 is 34.6 Å². The Hall–Kier alpha value is -2.83. The van der Waals surface area contributed by atoms with Gasteiger partial charge in [0.05, 0.1) is 0 Å². The number of pyridine rings is 1. The Morgan fingerprint density at radius 2 is 1.67 bits per heavy atom. The average molecular weight is 331 g/mol. The first kappa shape index (κ1) is 16.0. The number of benzene rings is 1. The van der Waals surface area contributed by atoms with E-state index in [1.807, 2.05) is 0 Å². The molecular weight excluding hydrogens is 316 g/mol. The van der Waals surface area contributed by atoms with Crippen molar-refractivity contribution < 1.29 is 18.4 Å². The third-order valence-electron chi connectivity index (χ3n) is 4.02. The molecule has 0 atom stereocenters. The number of nitrogens with zero attached hydrogens (tertiary/aromatic N) is 1. The van der Waals surface area contributed by atoms with Gasteiger partial charge in [-0.3, -0.25) is 14.6 Å². The standard InChI is InChI=1S/C17H15F2N3O2/c18-12-2-1-3-13(19)14(12)22-16(24)17(6-7-17)15(23)21-10-11-4-8-20-9-5-11/h1-5,8-9H,6-7,10H2,(H,21,23)(H,22,24). The summed E-state index contributed by atoms with van der Waals surface area (Å²) in [7, 11) is 0. The minimum absolute atomic E-state index is 0.254. The fourth-order valence-corrected chi connectivity index (χ4v) is 2.38. The molecule has 2 aromatic rings. The van der Waals surface area contributed by atoms with Gasteiger partial charge in [-0.05, 0) is 42.7 Å². The lowest BCUT2D eigenvalue weighted by Crippen LogP contribution is -2.40. The molecule has 5 nitrogen and oxygen atoms in total. The Morgan fingerprint density at radius 1 is 1.04 bits per heavy atom. The van der Waals surface area contributed by atoms with Gasteiger partial charge in [0.2, 0.25) is 11.8 Å². The maximum absolute atomic E-state index is 13.6. The largest absolute Gasteiger partial charge is 0.351 e. The van der Waals surface area contributed by atoms with Crippen molar-refractivity contribution in [3.05, 3.63) is 59.9 Å². The topological polar surface area (TPSA) is 71.1 Å². The second kappa shape index (κ2) is 6.35. The number of hydrogen-bond acceptors (Lipinski definition) is 3. The molecule has 2 amide bonds. The predicted molar refractivity (Wildman–Crippen MR) is 82.7 cm³/mol. The van der Waals surface area contributed by atoms with E-state index in [2.05, 4.69) is 15.6 Å². The number of carbonyl (C=O) groups excluding carboxylic acids is 2. The molecule has 0 unspecified atom stereocenters. The van der Waals surface area contributed by atoms with Gasteiger partial charge in [-0.15, -0.1) is 0 Å². The van der Waals surface area contributed by atoms with Crippen LogP contribution in [0.1, 0.15) is 18.4 Å². The monoisotopic (exact) mass is 331 g/mol. The number of carbonyl (C=O) groups is 2. The van der Waals surface area contributed by atoms with Crippen LogP contribution >= 0.6 is 0 Å². The molecule has 1 saturated carbocycles. The SMILES string of the molecule is O=C(NCc1ccncc1)C1(C(=O)Nc2c(F)cccc2F)CC1. The van der Waals surface area contributed by atoms with Gasteiger partial charge in [0.25, 0.3) is 0 Å². The molecule has 0 radical (unpaired) electrons. The molecule has 1 aliphatic carbocycles. The fourth-order valence-electron chi connectivity index (χ4n) is 2.38. The lowest BCUT2D eigenvalue weighted by atomic mass is 10.0. The molecule has 1 aromatic heterocycles. The summed E-state index contributed by atoms with van der Waals surface area (Å²) in [6.45, 7) is 0.254. The van der Waals surface area contributed by atoms with Crippen LogP contribution in [0.25, 0.3) is 0 Å². The summed E-state index contributed by atoms with van der Waals surface area (Å²) in [6.07, 6.45) is 3.89. The normalized spacial score (nSPS) is 14.8. The second-order valence-corrected chi connectivity index (χ2v) is 5.67. The van der Waals surface area contributed by atoms with Crippen molar-refractivity contribution >= 4 is 17.5 Å².